The maximum atomic E-state index is 14.3. The van der Waals surface area contributed by atoms with Gasteiger partial charge >= 0.3 is 0 Å². The van der Waals surface area contributed by atoms with E-state index >= 15 is 0 Å². The van der Waals surface area contributed by atoms with Crippen LogP contribution in [0.5, 0.6) is 5.75 Å². The number of hydrogen-bond donors (Lipinski definition) is 4. The molecule has 6 rings (SSSR count). The number of hydroxylamine groups is 2. The fraction of sp³-hybridized carbons (Fsp3) is 0.632. The van der Waals surface area contributed by atoms with E-state index in [-0.39, 0.29) is 36.4 Å². The highest BCUT2D eigenvalue weighted by atomic mass is 16.7. The number of para-hydroxylation sites is 1. The van der Waals surface area contributed by atoms with Crippen molar-refractivity contribution in [2.45, 2.75) is 71.4 Å². The van der Waals surface area contributed by atoms with Gasteiger partial charge in [0.05, 0.1) is 19.3 Å². The van der Waals surface area contributed by atoms with Gasteiger partial charge in [-0.3, -0.25) is 14.4 Å². The van der Waals surface area contributed by atoms with E-state index in [0.29, 0.717) is 42.2 Å². The number of nitrogens with zero attached hydrogens (tertiary/aromatic N) is 3. The van der Waals surface area contributed by atoms with Crippen LogP contribution in [0.15, 0.2) is 36.4 Å². The Bertz CT molecular complexity index is 1490. The predicted molar refractivity (Wildman–Crippen MR) is 191 cm³/mol. The van der Waals surface area contributed by atoms with E-state index in [1.54, 1.807) is 19.0 Å². The molecule has 270 valence electrons. The second kappa shape index (κ2) is 14.9. The standard InChI is InChI=1S/C38H57N5O6/c1-22-30-18-27(38(30,3)4)19-31(22)40-37(47)34-33(23(2)45)32(21-44)49-43(34)20-24-11-10-12-29(35(24)48-14-13-41(6)7)25-15-26(36(46)39-5)17-28(16-25)42(8)9/h10-12,15-17,22-23,27,30-34,44-45H,13-14,18-21H2,1-9H3,(H,39,46)(H,40,47)/t22-,23-,27+,30-,31-,32-,33+,34-/m0/s1. The summed E-state index contributed by atoms with van der Waals surface area (Å²) in [5.41, 5.74) is 4.07. The van der Waals surface area contributed by atoms with E-state index in [0.717, 1.165) is 28.8 Å². The maximum absolute atomic E-state index is 14.3. The average molecular weight is 680 g/mol. The molecule has 2 amide bonds. The summed E-state index contributed by atoms with van der Waals surface area (Å²) >= 11 is 0. The SMILES string of the molecule is CNC(=O)c1cc(-c2cccc(CN3O[C@@H](CO)[C@@H]([C@H](C)O)[C@H]3C(=O)N[C@H]3C[C@H]4C[C@@H]([C@@H]3C)C4(C)C)c2OCCN(C)C)cc(N(C)C)c1. The molecule has 2 aromatic carbocycles. The lowest BCUT2D eigenvalue weighted by molar-refractivity contribution is -0.183. The number of amides is 2. The highest BCUT2D eigenvalue weighted by molar-refractivity contribution is 5.97. The first-order valence-electron chi connectivity index (χ1n) is 17.6. The predicted octanol–water partition coefficient (Wildman–Crippen LogP) is 3.38. The van der Waals surface area contributed by atoms with Crippen molar-refractivity contribution in [3.63, 3.8) is 0 Å². The number of fused-ring (bicyclic) bond motifs is 2. The maximum Gasteiger partial charge on any atom is 0.251 e. The van der Waals surface area contributed by atoms with E-state index in [1.165, 1.54) is 6.42 Å². The van der Waals surface area contributed by atoms with Gasteiger partial charge in [-0.1, -0.05) is 39.0 Å². The summed E-state index contributed by atoms with van der Waals surface area (Å²) in [5, 5.41) is 29.0. The minimum Gasteiger partial charge on any atom is -0.491 e. The molecule has 0 unspecified atom stereocenters. The summed E-state index contributed by atoms with van der Waals surface area (Å²) in [7, 11) is 9.44. The first-order chi connectivity index (χ1) is 23.2. The van der Waals surface area contributed by atoms with Crippen LogP contribution in [-0.4, -0.2) is 111 Å². The van der Waals surface area contributed by atoms with Crippen LogP contribution in [0, 0.1) is 29.1 Å². The molecule has 3 saturated carbocycles. The molecule has 4 N–H and O–H groups in total. The van der Waals surface area contributed by atoms with Gasteiger partial charge in [-0.05, 0) is 80.8 Å². The lowest BCUT2D eigenvalue weighted by atomic mass is 9.45. The minimum atomic E-state index is -0.895. The van der Waals surface area contributed by atoms with Crippen molar-refractivity contribution in [3.05, 3.63) is 47.5 Å². The Morgan fingerprint density at radius 2 is 1.88 bits per heavy atom. The molecule has 0 spiro atoms. The van der Waals surface area contributed by atoms with Crippen LogP contribution in [0.2, 0.25) is 0 Å². The molecular weight excluding hydrogens is 622 g/mol. The Kier molecular flexibility index (Phi) is 11.3. The smallest absolute Gasteiger partial charge is 0.251 e. The van der Waals surface area contributed by atoms with Crippen molar-refractivity contribution in [1.29, 1.82) is 0 Å². The first kappa shape index (κ1) is 37.0. The van der Waals surface area contributed by atoms with Gasteiger partial charge in [0.2, 0.25) is 5.91 Å². The van der Waals surface area contributed by atoms with Crippen molar-refractivity contribution in [2.75, 3.05) is 59.9 Å². The van der Waals surface area contributed by atoms with Gasteiger partial charge < -0.3 is 35.4 Å². The van der Waals surface area contributed by atoms with Gasteiger partial charge in [0.25, 0.3) is 5.91 Å². The van der Waals surface area contributed by atoms with Crippen LogP contribution in [0.4, 0.5) is 5.69 Å². The number of benzene rings is 2. The lowest BCUT2D eigenvalue weighted by Gasteiger charge is -2.62. The van der Waals surface area contributed by atoms with E-state index < -0.39 is 24.2 Å². The van der Waals surface area contributed by atoms with Crippen molar-refractivity contribution >= 4 is 17.5 Å². The second-order valence-corrected chi connectivity index (χ2v) is 15.4. The van der Waals surface area contributed by atoms with Crippen molar-refractivity contribution in [3.8, 4) is 16.9 Å². The molecule has 1 aliphatic heterocycles. The summed E-state index contributed by atoms with van der Waals surface area (Å²) < 4.78 is 6.53. The zero-order valence-corrected chi connectivity index (χ0v) is 30.7. The minimum absolute atomic E-state index is 0.0423. The topological polar surface area (TPSA) is 127 Å². The van der Waals surface area contributed by atoms with Crippen molar-refractivity contribution in [2.24, 2.45) is 29.1 Å². The Morgan fingerprint density at radius 3 is 2.47 bits per heavy atom. The van der Waals surface area contributed by atoms with Crippen molar-refractivity contribution < 1.29 is 29.4 Å². The molecule has 49 heavy (non-hydrogen) atoms. The molecule has 4 fully saturated rings. The third-order valence-electron chi connectivity index (χ3n) is 11.5. The molecule has 0 aromatic heterocycles. The summed E-state index contributed by atoms with van der Waals surface area (Å²) in [6, 6.07) is 10.8. The number of aliphatic hydroxyl groups excluding tert-OH is 2. The number of ether oxygens (including phenoxy) is 1. The van der Waals surface area contributed by atoms with Crippen LogP contribution in [-0.2, 0) is 16.2 Å². The summed E-state index contributed by atoms with van der Waals surface area (Å²) in [6.45, 7) is 9.49. The van der Waals surface area contributed by atoms with Crippen LogP contribution in [0.1, 0.15) is 56.5 Å². The molecule has 8 atom stereocenters. The van der Waals surface area contributed by atoms with Gasteiger partial charge in [-0.15, -0.1) is 0 Å². The quantitative estimate of drug-likeness (QED) is 0.252. The molecular formula is C38H57N5O6. The third kappa shape index (κ3) is 7.46. The second-order valence-electron chi connectivity index (χ2n) is 15.4. The van der Waals surface area contributed by atoms with E-state index in [4.69, 9.17) is 9.57 Å². The van der Waals surface area contributed by atoms with Crippen LogP contribution in [0.3, 0.4) is 0 Å². The Morgan fingerprint density at radius 1 is 1.14 bits per heavy atom. The van der Waals surface area contributed by atoms with Crippen molar-refractivity contribution in [1.82, 2.24) is 20.6 Å². The number of nitrogens with one attached hydrogen (secondary N) is 2. The van der Waals surface area contributed by atoms with E-state index in [2.05, 4.69) is 31.4 Å². The number of hydrogen-bond acceptors (Lipinski definition) is 9. The molecule has 1 heterocycles. The summed E-state index contributed by atoms with van der Waals surface area (Å²) in [4.78, 5) is 37.4. The zero-order valence-electron chi connectivity index (χ0n) is 30.7. The lowest BCUT2D eigenvalue weighted by Crippen LogP contribution is -2.62. The number of rotatable bonds is 13. The van der Waals surface area contributed by atoms with E-state index in [1.807, 2.05) is 74.4 Å². The number of carbonyl (C=O) groups excluding carboxylic acids is 2. The average Bonchev–Trinajstić information content (AvgIpc) is 3.43. The van der Waals surface area contributed by atoms with Crippen LogP contribution in [0.25, 0.3) is 11.1 Å². The number of anilines is 1. The first-order valence-corrected chi connectivity index (χ1v) is 17.6. The van der Waals surface area contributed by atoms with E-state index in [9.17, 15) is 19.8 Å². The fourth-order valence-electron chi connectivity index (χ4n) is 8.39. The Balaban J connectivity index is 1.51. The Hall–Kier alpha value is -3.22. The molecule has 4 aliphatic rings. The summed E-state index contributed by atoms with van der Waals surface area (Å²) in [5.74, 6) is 1.07. The normalized spacial score (nSPS) is 28.1. The highest BCUT2D eigenvalue weighted by Gasteiger charge is 2.57. The third-order valence-corrected chi connectivity index (χ3v) is 11.5. The summed E-state index contributed by atoms with van der Waals surface area (Å²) in [6.07, 6.45) is 0.493. The molecule has 0 radical (unpaired) electrons. The zero-order chi connectivity index (χ0) is 35.8. The number of aliphatic hydroxyl groups is 2. The fourth-order valence-corrected chi connectivity index (χ4v) is 8.39. The van der Waals surface area contributed by atoms with Gasteiger partial charge in [0.15, 0.2) is 0 Å². The van der Waals surface area contributed by atoms with Gasteiger partial charge in [-0.25, -0.2) is 0 Å². The molecule has 2 bridgehead atoms. The Labute approximate surface area is 291 Å². The largest absolute Gasteiger partial charge is 0.491 e. The number of carbonyl (C=O) groups is 2. The van der Waals surface area contributed by atoms with Crippen LogP contribution < -0.4 is 20.3 Å². The highest BCUT2D eigenvalue weighted by Crippen LogP contribution is 2.61. The number of likely N-dealkylation sites (N-methyl/N-ethyl adjacent to an activating group) is 1. The molecule has 3 aliphatic carbocycles. The molecule has 1 saturated heterocycles. The molecule has 2 aromatic rings. The molecule has 11 nitrogen and oxygen atoms in total. The monoisotopic (exact) mass is 679 g/mol. The van der Waals surface area contributed by atoms with Gasteiger partial charge in [-0.2, -0.15) is 5.06 Å². The molecule has 11 heteroatoms. The van der Waals surface area contributed by atoms with Crippen LogP contribution >= 0.6 is 0 Å². The van der Waals surface area contributed by atoms with Gasteiger partial charge in [0, 0.05) is 62.0 Å². The van der Waals surface area contributed by atoms with Gasteiger partial charge in [0.1, 0.15) is 24.5 Å².